The summed E-state index contributed by atoms with van der Waals surface area (Å²) in [5.74, 6) is 0. The summed E-state index contributed by atoms with van der Waals surface area (Å²) in [5, 5.41) is 10.2. The fourth-order valence-electron chi connectivity index (χ4n) is 2.47. The third-order valence-corrected chi connectivity index (χ3v) is 3.78. The van der Waals surface area contributed by atoms with Crippen molar-refractivity contribution in [3.05, 3.63) is 65.7 Å². The van der Waals surface area contributed by atoms with Gasteiger partial charge in [0.05, 0.1) is 6.04 Å². The maximum Gasteiger partial charge on any atom is 0.194 e. The summed E-state index contributed by atoms with van der Waals surface area (Å²) in [6, 6.07) is 18.7. The van der Waals surface area contributed by atoms with Gasteiger partial charge in [-0.3, -0.25) is 0 Å². The highest BCUT2D eigenvalue weighted by molar-refractivity contribution is 7.80. The lowest BCUT2D eigenvalue weighted by Crippen LogP contribution is -2.31. The number of thiocarbonyl (C=S) groups is 1. The van der Waals surface area contributed by atoms with Crippen LogP contribution in [0.15, 0.2) is 59.7 Å². The van der Waals surface area contributed by atoms with E-state index in [1.807, 2.05) is 41.6 Å². The highest BCUT2D eigenvalue weighted by atomic mass is 32.1. The molecule has 2 aromatic carbocycles. The van der Waals surface area contributed by atoms with Crippen LogP contribution in [0.3, 0.4) is 0 Å². The van der Waals surface area contributed by atoms with Crippen LogP contribution in [-0.2, 0) is 0 Å². The van der Waals surface area contributed by atoms with Crippen molar-refractivity contribution in [1.82, 2.24) is 5.01 Å². The van der Waals surface area contributed by atoms with Crippen LogP contribution >= 0.6 is 12.2 Å². The van der Waals surface area contributed by atoms with Crippen LogP contribution < -0.4 is 5.32 Å². The summed E-state index contributed by atoms with van der Waals surface area (Å²) in [7, 11) is 0. The fourth-order valence-corrected chi connectivity index (χ4v) is 2.76. The number of rotatable bonds is 2. The molecule has 0 amide bonds. The smallest absolute Gasteiger partial charge is 0.194 e. The number of hydrogen-bond donors (Lipinski definition) is 1. The minimum absolute atomic E-state index is 0.177. The molecular weight excluding hydrogens is 278 g/mol. The van der Waals surface area contributed by atoms with E-state index in [4.69, 9.17) is 12.2 Å². The second kappa shape index (κ2) is 6.06. The molecule has 0 unspecified atom stereocenters. The Kier molecular flexibility index (Phi) is 3.97. The number of anilines is 1. The van der Waals surface area contributed by atoms with E-state index >= 15 is 0 Å². The first-order valence-corrected chi connectivity index (χ1v) is 7.39. The van der Waals surface area contributed by atoms with Crippen LogP contribution in [0.2, 0.25) is 0 Å². The van der Waals surface area contributed by atoms with Gasteiger partial charge in [-0.15, -0.1) is 0 Å². The zero-order valence-corrected chi connectivity index (χ0v) is 12.7. The Morgan fingerprint density at radius 1 is 1.19 bits per heavy atom. The Bertz CT molecular complexity index is 667. The van der Waals surface area contributed by atoms with Crippen LogP contribution in [0.25, 0.3) is 0 Å². The van der Waals surface area contributed by atoms with Crippen LogP contribution in [0.5, 0.6) is 0 Å². The Morgan fingerprint density at radius 2 is 2.00 bits per heavy atom. The first-order valence-electron chi connectivity index (χ1n) is 6.98. The van der Waals surface area contributed by atoms with Crippen molar-refractivity contribution in [3.63, 3.8) is 0 Å². The minimum Gasteiger partial charge on any atom is -0.331 e. The van der Waals surface area contributed by atoms with E-state index in [2.05, 4.69) is 41.6 Å². The molecule has 1 aliphatic rings. The van der Waals surface area contributed by atoms with Crippen LogP contribution in [-0.4, -0.2) is 16.3 Å². The molecule has 0 radical (unpaired) electrons. The quantitative estimate of drug-likeness (QED) is 0.844. The molecule has 2 aromatic rings. The molecule has 1 aliphatic heterocycles. The minimum atomic E-state index is 0.177. The van der Waals surface area contributed by atoms with Gasteiger partial charge in [-0.25, -0.2) is 5.01 Å². The summed E-state index contributed by atoms with van der Waals surface area (Å²) in [4.78, 5) is 0. The van der Waals surface area contributed by atoms with Crippen molar-refractivity contribution in [2.24, 2.45) is 5.10 Å². The zero-order valence-electron chi connectivity index (χ0n) is 11.9. The first-order chi connectivity index (χ1) is 10.2. The normalized spacial score (nSPS) is 17.0. The van der Waals surface area contributed by atoms with Crippen LogP contribution in [0.4, 0.5) is 5.69 Å². The monoisotopic (exact) mass is 295 g/mol. The Hall–Kier alpha value is -2.20. The van der Waals surface area contributed by atoms with Gasteiger partial charge in [-0.05, 0) is 42.4 Å². The largest absolute Gasteiger partial charge is 0.331 e. The number of hydrogen-bond acceptors (Lipinski definition) is 2. The number of benzene rings is 2. The Labute approximate surface area is 130 Å². The van der Waals surface area contributed by atoms with E-state index in [0.717, 1.165) is 12.1 Å². The van der Waals surface area contributed by atoms with Crippen molar-refractivity contribution in [2.45, 2.75) is 19.4 Å². The molecule has 4 heteroatoms. The summed E-state index contributed by atoms with van der Waals surface area (Å²) < 4.78 is 0. The standard InChI is InChI=1S/C17H17N3S/c1-13-6-5-9-15(12-13)19-17(21)20-16(10-11-18-20)14-7-3-2-4-8-14/h2-9,11-12,16H,10H2,1H3,(H,19,21)/t16-/m0/s1. The average molecular weight is 295 g/mol. The molecule has 3 rings (SSSR count). The van der Waals surface area contributed by atoms with Gasteiger partial charge in [0.2, 0.25) is 0 Å². The molecule has 0 saturated carbocycles. The molecular formula is C17H17N3S. The van der Waals surface area contributed by atoms with Gasteiger partial charge in [-0.2, -0.15) is 5.10 Å². The van der Waals surface area contributed by atoms with Gasteiger partial charge < -0.3 is 5.32 Å². The lowest BCUT2D eigenvalue weighted by Gasteiger charge is -2.25. The van der Waals surface area contributed by atoms with Gasteiger partial charge in [0, 0.05) is 18.3 Å². The van der Waals surface area contributed by atoms with Gasteiger partial charge >= 0.3 is 0 Å². The lowest BCUT2D eigenvalue weighted by molar-refractivity contribution is 0.375. The highest BCUT2D eigenvalue weighted by Gasteiger charge is 2.25. The predicted octanol–water partition coefficient (Wildman–Crippen LogP) is 4.12. The van der Waals surface area contributed by atoms with Gasteiger partial charge in [0.1, 0.15) is 0 Å². The van der Waals surface area contributed by atoms with Crippen molar-refractivity contribution >= 4 is 29.2 Å². The second-order valence-electron chi connectivity index (χ2n) is 5.10. The van der Waals surface area contributed by atoms with Gasteiger partial charge in [0.25, 0.3) is 0 Å². The van der Waals surface area contributed by atoms with Crippen LogP contribution in [0, 0.1) is 6.92 Å². The molecule has 0 aliphatic carbocycles. The Morgan fingerprint density at radius 3 is 2.76 bits per heavy atom. The number of nitrogens with zero attached hydrogens (tertiary/aromatic N) is 2. The summed E-state index contributed by atoms with van der Waals surface area (Å²) in [6.45, 7) is 2.06. The Balaban J connectivity index is 1.76. The molecule has 0 bridgehead atoms. The summed E-state index contributed by atoms with van der Waals surface area (Å²) in [5.41, 5.74) is 3.42. The summed E-state index contributed by atoms with van der Waals surface area (Å²) >= 11 is 5.52. The number of hydrazone groups is 1. The van der Waals surface area contributed by atoms with E-state index in [-0.39, 0.29) is 6.04 Å². The molecule has 1 N–H and O–H groups in total. The molecule has 0 fully saturated rings. The first kappa shape index (κ1) is 13.8. The summed E-state index contributed by atoms with van der Waals surface area (Å²) in [6.07, 6.45) is 2.79. The van der Waals surface area contributed by atoms with E-state index in [9.17, 15) is 0 Å². The zero-order chi connectivity index (χ0) is 14.7. The van der Waals surface area contributed by atoms with Crippen molar-refractivity contribution in [3.8, 4) is 0 Å². The molecule has 106 valence electrons. The van der Waals surface area contributed by atoms with Crippen molar-refractivity contribution in [2.75, 3.05) is 5.32 Å². The van der Waals surface area contributed by atoms with Gasteiger partial charge in [0.15, 0.2) is 5.11 Å². The molecule has 3 nitrogen and oxygen atoms in total. The van der Waals surface area contributed by atoms with E-state index in [1.165, 1.54) is 11.1 Å². The van der Waals surface area contributed by atoms with E-state index in [0.29, 0.717) is 5.11 Å². The molecule has 0 aromatic heterocycles. The molecule has 0 spiro atoms. The van der Waals surface area contributed by atoms with Crippen LogP contribution in [0.1, 0.15) is 23.6 Å². The van der Waals surface area contributed by atoms with Crippen molar-refractivity contribution < 1.29 is 0 Å². The van der Waals surface area contributed by atoms with E-state index < -0.39 is 0 Å². The fraction of sp³-hybridized carbons (Fsp3) is 0.176. The molecule has 1 heterocycles. The van der Waals surface area contributed by atoms with Gasteiger partial charge in [-0.1, -0.05) is 42.5 Å². The maximum absolute atomic E-state index is 5.52. The number of aryl methyl sites for hydroxylation is 1. The van der Waals surface area contributed by atoms with E-state index in [1.54, 1.807) is 0 Å². The predicted molar refractivity (Wildman–Crippen MR) is 91.5 cm³/mol. The highest BCUT2D eigenvalue weighted by Crippen LogP contribution is 2.28. The molecule has 1 atom stereocenters. The molecule has 0 saturated heterocycles. The number of nitrogens with one attached hydrogen (secondary N) is 1. The molecule has 21 heavy (non-hydrogen) atoms. The average Bonchev–Trinajstić information content (AvgIpc) is 2.98. The topological polar surface area (TPSA) is 27.6 Å². The second-order valence-corrected chi connectivity index (χ2v) is 5.49. The lowest BCUT2D eigenvalue weighted by atomic mass is 10.1. The van der Waals surface area contributed by atoms with Crippen molar-refractivity contribution in [1.29, 1.82) is 0 Å². The third-order valence-electron chi connectivity index (χ3n) is 3.49. The maximum atomic E-state index is 5.52. The SMILES string of the molecule is Cc1cccc(NC(=S)N2N=CC[C@H]2c2ccccc2)c1. The third kappa shape index (κ3) is 3.11.